The van der Waals surface area contributed by atoms with Gasteiger partial charge in [-0.2, -0.15) is 11.8 Å². The van der Waals surface area contributed by atoms with Crippen LogP contribution in [0.5, 0.6) is 0 Å². The summed E-state index contributed by atoms with van der Waals surface area (Å²) in [4.78, 5) is 6.86. The lowest BCUT2D eigenvalue weighted by atomic mass is 10.3. The van der Waals surface area contributed by atoms with Crippen molar-refractivity contribution >= 4 is 33.5 Å². The Balaban J connectivity index is 2.04. The van der Waals surface area contributed by atoms with E-state index in [4.69, 9.17) is 0 Å². The molecule has 0 saturated carbocycles. The zero-order chi connectivity index (χ0) is 10.7. The molecule has 0 spiro atoms. The minimum atomic E-state index is 0.780. The highest BCUT2D eigenvalue weighted by atomic mass is 79.9. The van der Waals surface area contributed by atoms with Crippen molar-refractivity contribution in [2.45, 2.75) is 17.0 Å². The number of thioether (sulfide) groups is 1. The third kappa shape index (κ3) is 2.67. The quantitative estimate of drug-likeness (QED) is 0.795. The summed E-state index contributed by atoms with van der Waals surface area (Å²) in [6.45, 7) is 2.29. The molecule has 0 N–H and O–H groups in total. The molecule has 2 rings (SSSR count). The fraction of sp³-hybridized carbons (Fsp3) is 0.545. The first-order chi connectivity index (χ1) is 7.33. The summed E-state index contributed by atoms with van der Waals surface area (Å²) in [5, 5.41) is 1.66. The van der Waals surface area contributed by atoms with Crippen LogP contribution in [0, 0.1) is 0 Å². The number of alkyl halides is 1. The second-order valence-corrected chi connectivity index (χ2v) is 5.45. The highest BCUT2D eigenvalue weighted by molar-refractivity contribution is 9.08. The second kappa shape index (κ2) is 5.21. The van der Waals surface area contributed by atoms with Gasteiger partial charge in [0.05, 0.1) is 0 Å². The second-order valence-electron chi connectivity index (χ2n) is 3.75. The van der Waals surface area contributed by atoms with Crippen LogP contribution in [-0.4, -0.2) is 29.6 Å². The van der Waals surface area contributed by atoms with Gasteiger partial charge < -0.3 is 4.90 Å². The van der Waals surface area contributed by atoms with Crippen LogP contribution in [0.2, 0.25) is 0 Å². The number of aromatic nitrogens is 1. The van der Waals surface area contributed by atoms with Gasteiger partial charge in [0.1, 0.15) is 5.82 Å². The molecule has 2 nitrogen and oxygen atoms in total. The number of rotatable bonds is 3. The van der Waals surface area contributed by atoms with Gasteiger partial charge in [-0.1, -0.05) is 22.0 Å². The highest BCUT2D eigenvalue weighted by Gasteiger charge is 2.22. The number of pyridine rings is 1. The van der Waals surface area contributed by atoms with Gasteiger partial charge in [-0.05, 0) is 24.3 Å². The molecule has 1 saturated heterocycles. The molecule has 0 radical (unpaired) electrons. The Hall–Kier alpha value is -0.220. The van der Waals surface area contributed by atoms with Crippen molar-refractivity contribution < 1.29 is 0 Å². The minimum absolute atomic E-state index is 0.780. The van der Waals surface area contributed by atoms with E-state index < -0.39 is 0 Å². The Labute approximate surface area is 104 Å². The Kier molecular flexibility index (Phi) is 3.92. The van der Waals surface area contributed by atoms with E-state index in [1.54, 1.807) is 0 Å². The van der Waals surface area contributed by atoms with Crippen LogP contribution in [0.1, 0.15) is 12.0 Å². The van der Waals surface area contributed by atoms with E-state index in [9.17, 15) is 0 Å². The van der Waals surface area contributed by atoms with Crippen LogP contribution in [0.25, 0.3) is 0 Å². The summed E-state index contributed by atoms with van der Waals surface area (Å²) in [7, 11) is 0. The van der Waals surface area contributed by atoms with Crippen molar-refractivity contribution in [2.75, 3.05) is 24.2 Å². The van der Waals surface area contributed by atoms with E-state index in [-0.39, 0.29) is 0 Å². The van der Waals surface area contributed by atoms with E-state index in [1.165, 1.54) is 12.0 Å². The van der Waals surface area contributed by atoms with E-state index in [0.29, 0.717) is 0 Å². The maximum absolute atomic E-state index is 4.49. The Bertz CT molecular complexity index is 315. The number of halogens is 1. The van der Waals surface area contributed by atoms with Crippen LogP contribution in [0.3, 0.4) is 0 Å². The average Bonchev–Trinajstić information content (AvgIpc) is 2.78. The molecule has 15 heavy (non-hydrogen) atoms. The predicted molar refractivity (Wildman–Crippen MR) is 71.0 cm³/mol. The largest absolute Gasteiger partial charge is 0.355 e. The Morgan fingerprint density at radius 2 is 2.47 bits per heavy atom. The summed E-state index contributed by atoms with van der Waals surface area (Å²) in [5.41, 5.74) is 1.24. The fourth-order valence-electron chi connectivity index (χ4n) is 1.81. The van der Waals surface area contributed by atoms with Crippen molar-refractivity contribution in [2.24, 2.45) is 0 Å². The highest BCUT2D eigenvalue weighted by Crippen LogP contribution is 2.24. The maximum Gasteiger partial charge on any atom is 0.128 e. The van der Waals surface area contributed by atoms with Crippen LogP contribution >= 0.6 is 27.7 Å². The van der Waals surface area contributed by atoms with E-state index in [2.05, 4.69) is 44.2 Å². The first-order valence-corrected chi connectivity index (χ1v) is 7.53. The van der Waals surface area contributed by atoms with Crippen molar-refractivity contribution in [3.63, 3.8) is 0 Å². The molecule has 82 valence electrons. The van der Waals surface area contributed by atoms with Gasteiger partial charge in [-0.25, -0.2) is 4.98 Å². The molecule has 1 aromatic heterocycles. The summed E-state index contributed by atoms with van der Waals surface area (Å²) in [5.74, 6) is 1.12. The third-order valence-electron chi connectivity index (χ3n) is 2.77. The summed E-state index contributed by atoms with van der Waals surface area (Å²) >= 11 is 5.39. The van der Waals surface area contributed by atoms with Crippen LogP contribution in [-0.2, 0) is 5.33 Å². The molecule has 0 aliphatic carbocycles. The Morgan fingerprint density at radius 3 is 3.00 bits per heavy atom. The van der Waals surface area contributed by atoms with Gasteiger partial charge in [0, 0.05) is 29.9 Å². The topological polar surface area (TPSA) is 16.1 Å². The molecule has 1 aliphatic rings. The number of anilines is 1. The number of hydrogen-bond acceptors (Lipinski definition) is 3. The summed E-state index contributed by atoms with van der Waals surface area (Å²) in [6, 6.07) is 4.27. The lowest BCUT2D eigenvalue weighted by Crippen LogP contribution is -2.21. The van der Waals surface area contributed by atoms with Crippen LogP contribution in [0.15, 0.2) is 18.3 Å². The smallest absolute Gasteiger partial charge is 0.128 e. The zero-order valence-electron chi connectivity index (χ0n) is 8.82. The fourth-order valence-corrected chi connectivity index (χ4v) is 2.81. The summed E-state index contributed by atoms with van der Waals surface area (Å²) in [6.07, 6.45) is 5.43. The third-order valence-corrected chi connectivity index (χ3v) is 4.46. The molecule has 1 unspecified atom stereocenters. The molecular weight excluding hydrogens is 272 g/mol. The van der Waals surface area contributed by atoms with Gasteiger partial charge in [0.25, 0.3) is 0 Å². The van der Waals surface area contributed by atoms with E-state index >= 15 is 0 Å². The van der Waals surface area contributed by atoms with Crippen LogP contribution in [0.4, 0.5) is 5.82 Å². The van der Waals surface area contributed by atoms with Gasteiger partial charge in [0.2, 0.25) is 0 Å². The monoisotopic (exact) mass is 286 g/mol. The SMILES string of the molecule is CSC1CCN(c2ccc(CBr)cn2)C1. The van der Waals surface area contributed by atoms with E-state index in [1.807, 2.05) is 18.0 Å². The molecule has 0 aromatic carbocycles. The molecule has 1 aromatic rings. The molecule has 0 amide bonds. The van der Waals surface area contributed by atoms with Crippen molar-refractivity contribution in [3.05, 3.63) is 23.9 Å². The first-order valence-electron chi connectivity index (χ1n) is 5.12. The number of nitrogens with zero attached hydrogens (tertiary/aromatic N) is 2. The van der Waals surface area contributed by atoms with Crippen LogP contribution < -0.4 is 4.90 Å². The Morgan fingerprint density at radius 1 is 1.60 bits per heavy atom. The minimum Gasteiger partial charge on any atom is -0.355 e. The lowest BCUT2D eigenvalue weighted by Gasteiger charge is -2.17. The maximum atomic E-state index is 4.49. The van der Waals surface area contributed by atoms with Crippen molar-refractivity contribution in [1.82, 2.24) is 4.98 Å². The molecule has 1 aliphatic heterocycles. The van der Waals surface area contributed by atoms with Gasteiger partial charge in [-0.3, -0.25) is 0 Å². The van der Waals surface area contributed by atoms with E-state index in [0.717, 1.165) is 29.5 Å². The van der Waals surface area contributed by atoms with Gasteiger partial charge >= 0.3 is 0 Å². The molecular formula is C11H15BrN2S. The van der Waals surface area contributed by atoms with Gasteiger partial charge in [0.15, 0.2) is 0 Å². The van der Waals surface area contributed by atoms with Crippen molar-refractivity contribution in [1.29, 1.82) is 0 Å². The molecule has 1 fully saturated rings. The first kappa shape index (κ1) is 11.3. The van der Waals surface area contributed by atoms with Gasteiger partial charge in [-0.15, -0.1) is 0 Å². The average molecular weight is 287 g/mol. The lowest BCUT2D eigenvalue weighted by molar-refractivity contribution is 0.936. The molecule has 4 heteroatoms. The predicted octanol–water partition coefficient (Wildman–Crippen LogP) is 2.92. The normalized spacial score (nSPS) is 20.9. The number of hydrogen-bond donors (Lipinski definition) is 0. The zero-order valence-corrected chi connectivity index (χ0v) is 11.2. The molecule has 0 bridgehead atoms. The standard InChI is InChI=1S/C11H15BrN2S/c1-15-10-4-5-14(8-10)11-3-2-9(6-12)7-13-11/h2-3,7,10H,4-6,8H2,1H3. The summed E-state index contributed by atoms with van der Waals surface area (Å²) < 4.78 is 0. The molecule has 2 heterocycles. The molecule has 1 atom stereocenters. The van der Waals surface area contributed by atoms with Crippen molar-refractivity contribution in [3.8, 4) is 0 Å².